The van der Waals surface area contributed by atoms with Crippen LogP contribution in [-0.4, -0.2) is 11.2 Å². The summed E-state index contributed by atoms with van der Waals surface area (Å²) in [6.07, 6.45) is -1.71. The van der Waals surface area contributed by atoms with Gasteiger partial charge in [-0.3, -0.25) is 5.32 Å². The predicted molar refractivity (Wildman–Crippen MR) is 45.6 cm³/mol. The van der Waals surface area contributed by atoms with E-state index in [9.17, 15) is 9.90 Å². The van der Waals surface area contributed by atoms with E-state index in [1.807, 2.05) is 0 Å². The van der Waals surface area contributed by atoms with Gasteiger partial charge in [0, 0.05) is 10.6 Å². The fraction of sp³-hybridized carbons (Fsp3) is 0.125. The Labute approximate surface area is 79.1 Å². The number of benzene rings is 1. The highest BCUT2D eigenvalue weighted by Crippen LogP contribution is 2.29. The maximum absolute atomic E-state index is 10.8. The third kappa shape index (κ3) is 1.46. The van der Waals surface area contributed by atoms with Gasteiger partial charge in [-0.1, -0.05) is 11.6 Å². The summed E-state index contributed by atoms with van der Waals surface area (Å²) >= 11 is 5.70. The largest absolute Gasteiger partial charge is 0.414 e. The van der Waals surface area contributed by atoms with Gasteiger partial charge in [0.2, 0.25) is 0 Å². The average Bonchev–Trinajstić information content (AvgIpc) is 2.06. The molecule has 1 heterocycles. The summed E-state index contributed by atoms with van der Waals surface area (Å²) in [6, 6.07) is 4.67. The summed E-state index contributed by atoms with van der Waals surface area (Å²) < 4.78 is 4.79. The Kier molecular flexibility index (Phi) is 1.86. The molecule has 0 saturated heterocycles. The summed E-state index contributed by atoms with van der Waals surface area (Å²) in [7, 11) is 0. The molecule has 0 spiro atoms. The molecule has 1 aliphatic rings. The highest BCUT2D eigenvalue weighted by Gasteiger charge is 2.23. The van der Waals surface area contributed by atoms with Crippen molar-refractivity contribution in [2.45, 2.75) is 6.23 Å². The minimum absolute atomic E-state index is 0.334. The third-order valence-electron chi connectivity index (χ3n) is 1.72. The molecule has 1 amide bonds. The van der Waals surface area contributed by atoms with Gasteiger partial charge < -0.3 is 9.84 Å². The highest BCUT2D eigenvalue weighted by atomic mass is 35.5. The first-order chi connectivity index (χ1) is 6.16. The zero-order valence-corrected chi connectivity index (χ0v) is 7.21. The molecule has 1 aromatic carbocycles. The minimum Gasteiger partial charge on any atom is -0.410 e. The van der Waals surface area contributed by atoms with Crippen molar-refractivity contribution in [1.82, 2.24) is 5.32 Å². The number of carbonyl (C=O) groups excluding carboxylic acids is 1. The van der Waals surface area contributed by atoms with Crippen LogP contribution < -0.4 is 10.1 Å². The number of nitrogens with one attached hydrogen (secondary N) is 1. The van der Waals surface area contributed by atoms with Gasteiger partial charge in [0.15, 0.2) is 6.23 Å². The van der Waals surface area contributed by atoms with E-state index in [0.717, 1.165) is 0 Å². The SMILES string of the molecule is O=C1N[C@H](O)c2cc(Cl)ccc2O1. The molecule has 5 heteroatoms. The van der Waals surface area contributed by atoms with Crippen LogP contribution in [-0.2, 0) is 0 Å². The lowest BCUT2D eigenvalue weighted by Gasteiger charge is -2.21. The molecular weight excluding hydrogens is 194 g/mol. The molecule has 0 aliphatic carbocycles. The van der Waals surface area contributed by atoms with E-state index in [0.29, 0.717) is 16.3 Å². The Hall–Kier alpha value is -1.26. The molecule has 2 rings (SSSR count). The lowest BCUT2D eigenvalue weighted by atomic mass is 10.1. The van der Waals surface area contributed by atoms with E-state index < -0.39 is 12.3 Å². The molecule has 0 unspecified atom stereocenters. The summed E-state index contributed by atoms with van der Waals surface area (Å²) in [5, 5.41) is 12.1. The van der Waals surface area contributed by atoms with Gasteiger partial charge in [-0.05, 0) is 18.2 Å². The maximum atomic E-state index is 10.8. The maximum Gasteiger partial charge on any atom is 0.414 e. The summed E-state index contributed by atoms with van der Waals surface area (Å²) in [5.74, 6) is 0.334. The van der Waals surface area contributed by atoms with E-state index in [-0.39, 0.29) is 0 Å². The summed E-state index contributed by atoms with van der Waals surface area (Å²) in [6.45, 7) is 0. The quantitative estimate of drug-likeness (QED) is 0.665. The molecule has 0 radical (unpaired) electrons. The number of ether oxygens (including phenoxy) is 1. The molecule has 1 atom stereocenters. The van der Waals surface area contributed by atoms with E-state index in [1.165, 1.54) is 0 Å². The first-order valence-corrected chi connectivity index (χ1v) is 4.00. The van der Waals surface area contributed by atoms with Crippen molar-refractivity contribution in [3.05, 3.63) is 28.8 Å². The van der Waals surface area contributed by atoms with Crippen molar-refractivity contribution < 1.29 is 14.6 Å². The molecule has 0 fully saturated rings. The van der Waals surface area contributed by atoms with Crippen molar-refractivity contribution in [2.24, 2.45) is 0 Å². The van der Waals surface area contributed by atoms with Crippen molar-refractivity contribution in [1.29, 1.82) is 0 Å². The van der Waals surface area contributed by atoms with Crippen LogP contribution >= 0.6 is 11.6 Å². The zero-order chi connectivity index (χ0) is 9.42. The van der Waals surface area contributed by atoms with Gasteiger partial charge in [-0.15, -0.1) is 0 Å². The minimum atomic E-state index is -1.05. The van der Waals surface area contributed by atoms with E-state index in [4.69, 9.17) is 16.3 Å². The van der Waals surface area contributed by atoms with Gasteiger partial charge >= 0.3 is 6.09 Å². The van der Waals surface area contributed by atoms with Crippen molar-refractivity contribution in [2.75, 3.05) is 0 Å². The number of fused-ring (bicyclic) bond motifs is 1. The molecule has 0 aromatic heterocycles. The van der Waals surface area contributed by atoms with Gasteiger partial charge in [-0.2, -0.15) is 0 Å². The van der Waals surface area contributed by atoms with Gasteiger partial charge in [0.25, 0.3) is 0 Å². The fourth-order valence-electron chi connectivity index (χ4n) is 1.14. The molecule has 68 valence electrons. The normalized spacial score (nSPS) is 20.2. The highest BCUT2D eigenvalue weighted by molar-refractivity contribution is 6.30. The molecule has 0 bridgehead atoms. The standard InChI is InChI=1S/C8H6ClNO3/c9-4-1-2-6-5(3-4)7(11)10-8(12)13-6/h1-3,7,11H,(H,10,12)/t7-/m1/s1. The number of aliphatic hydroxyl groups excluding tert-OH is 1. The first kappa shape index (κ1) is 8.34. The van der Waals surface area contributed by atoms with E-state index in [2.05, 4.69) is 5.32 Å². The van der Waals surface area contributed by atoms with Crippen LogP contribution in [0.2, 0.25) is 5.02 Å². The van der Waals surface area contributed by atoms with Gasteiger partial charge in [0.1, 0.15) is 5.75 Å². The molecule has 0 saturated carbocycles. The Morgan fingerprint density at radius 1 is 1.54 bits per heavy atom. The van der Waals surface area contributed by atoms with Crippen LogP contribution in [0.4, 0.5) is 4.79 Å². The number of carbonyl (C=O) groups is 1. The van der Waals surface area contributed by atoms with E-state index in [1.54, 1.807) is 18.2 Å². The summed E-state index contributed by atoms with van der Waals surface area (Å²) in [4.78, 5) is 10.8. The van der Waals surface area contributed by atoms with Crippen LogP contribution in [0.5, 0.6) is 5.75 Å². The van der Waals surface area contributed by atoms with Crippen LogP contribution in [0.25, 0.3) is 0 Å². The number of amides is 1. The van der Waals surface area contributed by atoms with E-state index >= 15 is 0 Å². The number of hydrogen-bond acceptors (Lipinski definition) is 3. The second-order valence-corrected chi connectivity index (χ2v) is 3.05. The van der Waals surface area contributed by atoms with Crippen LogP contribution in [0.15, 0.2) is 18.2 Å². The number of hydrogen-bond donors (Lipinski definition) is 2. The smallest absolute Gasteiger partial charge is 0.410 e. The monoisotopic (exact) mass is 199 g/mol. The Balaban J connectivity index is 2.49. The predicted octanol–water partition coefficient (Wildman–Crippen LogP) is 1.43. The molecule has 13 heavy (non-hydrogen) atoms. The molecule has 4 nitrogen and oxygen atoms in total. The fourth-order valence-corrected chi connectivity index (χ4v) is 1.33. The second kappa shape index (κ2) is 2.90. The van der Waals surface area contributed by atoms with Crippen LogP contribution in [0.1, 0.15) is 11.8 Å². The Morgan fingerprint density at radius 3 is 3.08 bits per heavy atom. The topological polar surface area (TPSA) is 58.6 Å². The number of halogens is 1. The molecule has 1 aliphatic heterocycles. The third-order valence-corrected chi connectivity index (χ3v) is 1.96. The zero-order valence-electron chi connectivity index (χ0n) is 6.45. The number of aliphatic hydroxyl groups is 1. The van der Waals surface area contributed by atoms with Gasteiger partial charge in [0.05, 0.1) is 0 Å². The number of rotatable bonds is 0. The van der Waals surface area contributed by atoms with Crippen molar-refractivity contribution in [3.63, 3.8) is 0 Å². The molecule has 1 aromatic rings. The van der Waals surface area contributed by atoms with Crippen molar-refractivity contribution >= 4 is 17.7 Å². The van der Waals surface area contributed by atoms with Crippen LogP contribution in [0, 0.1) is 0 Å². The Morgan fingerprint density at radius 2 is 2.31 bits per heavy atom. The Bertz CT molecular complexity index is 366. The first-order valence-electron chi connectivity index (χ1n) is 3.62. The second-order valence-electron chi connectivity index (χ2n) is 2.62. The summed E-state index contributed by atoms with van der Waals surface area (Å²) in [5.41, 5.74) is 0.465. The average molecular weight is 200 g/mol. The van der Waals surface area contributed by atoms with Crippen LogP contribution in [0.3, 0.4) is 0 Å². The lowest BCUT2D eigenvalue weighted by Crippen LogP contribution is -2.35. The molecular formula is C8H6ClNO3. The van der Waals surface area contributed by atoms with Crippen molar-refractivity contribution in [3.8, 4) is 5.75 Å². The van der Waals surface area contributed by atoms with Gasteiger partial charge in [-0.25, -0.2) is 4.79 Å². The lowest BCUT2D eigenvalue weighted by molar-refractivity contribution is 0.109. The molecule has 2 N–H and O–H groups in total.